The summed E-state index contributed by atoms with van der Waals surface area (Å²) >= 11 is 1.35. The minimum absolute atomic E-state index is 0.0251. The number of amides is 1. The molecule has 27 heavy (non-hydrogen) atoms. The third kappa shape index (κ3) is 5.20. The monoisotopic (exact) mass is 380 g/mol. The zero-order valence-electron chi connectivity index (χ0n) is 15.8. The highest BCUT2D eigenvalue weighted by Gasteiger charge is 2.21. The van der Waals surface area contributed by atoms with Crippen molar-refractivity contribution in [2.75, 3.05) is 10.7 Å². The Bertz CT molecular complexity index is 872. The van der Waals surface area contributed by atoms with E-state index in [0.29, 0.717) is 11.7 Å². The van der Waals surface area contributed by atoms with Crippen molar-refractivity contribution in [2.45, 2.75) is 37.9 Å². The van der Waals surface area contributed by atoms with Crippen LogP contribution in [0.5, 0.6) is 0 Å². The molecular weight excluding hydrogens is 356 g/mol. The molecule has 0 aliphatic rings. The van der Waals surface area contributed by atoms with Crippen LogP contribution in [-0.2, 0) is 16.8 Å². The van der Waals surface area contributed by atoms with E-state index in [0.717, 1.165) is 17.1 Å². The lowest BCUT2D eigenvalue weighted by Crippen LogP contribution is -2.31. The summed E-state index contributed by atoms with van der Waals surface area (Å²) in [6.45, 7) is 6.75. The van der Waals surface area contributed by atoms with Gasteiger partial charge < -0.3 is 4.90 Å². The van der Waals surface area contributed by atoms with E-state index in [-0.39, 0.29) is 17.1 Å². The molecule has 0 aliphatic carbocycles. The van der Waals surface area contributed by atoms with Crippen LogP contribution in [0.2, 0.25) is 0 Å². The van der Waals surface area contributed by atoms with Gasteiger partial charge in [-0.2, -0.15) is 0 Å². The summed E-state index contributed by atoms with van der Waals surface area (Å²) in [5.74, 6) is 1.13. The first-order valence-electron chi connectivity index (χ1n) is 8.88. The third-order valence-electron chi connectivity index (χ3n) is 4.05. The molecule has 0 radical (unpaired) electrons. The molecule has 140 valence electrons. The Kier molecular flexibility index (Phi) is 5.96. The molecule has 3 rings (SSSR count). The van der Waals surface area contributed by atoms with Crippen LogP contribution in [0, 0.1) is 0 Å². The summed E-state index contributed by atoms with van der Waals surface area (Å²) in [5.41, 5.74) is 1.88. The van der Waals surface area contributed by atoms with Gasteiger partial charge in [0.1, 0.15) is 5.82 Å². The second-order valence-corrected chi connectivity index (χ2v) is 8.25. The molecule has 0 spiro atoms. The van der Waals surface area contributed by atoms with E-state index in [2.05, 4.69) is 36.0 Å². The molecule has 5 nitrogen and oxygen atoms in total. The van der Waals surface area contributed by atoms with Crippen molar-refractivity contribution in [3.8, 4) is 0 Å². The zero-order chi connectivity index (χ0) is 19.3. The largest absolute Gasteiger partial charge is 0.307 e. The van der Waals surface area contributed by atoms with Crippen molar-refractivity contribution in [2.24, 2.45) is 0 Å². The first-order valence-corrected chi connectivity index (χ1v) is 9.87. The molecule has 0 fully saturated rings. The van der Waals surface area contributed by atoms with Crippen LogP contribution in [0.3, 0.4) is 0 Å². The van der Waals surface area contributed by atoms with Crippen molar-refractivity contribution < 1.29 is 4.79 Å². The second kappa shape index (κ2) is 8.39. The van der Waals surface area contributed by atoms with Crippen molar-refractivity contribution in [1.29, 1.82) is 0 Å². The predicted molar refractivity (Wildman–Crippen MR) is 110 cm³/mol. The lowest BCUT2D eigenvalue weighted by molar-refractivity contribution is -0.116. The summed E-state index contributed by atoms with van der Waals surface area (Å²) < 4.78 is 0. The second-order valence-electron chi connectivity index (χ2n) is 7.31. The van der Waals surface area contributed by atoms with E-state index >= 15 is 0 Å². The summed E-state index contributed by atoms with van der Waals surface area (Å²) in [6, 6.07) is 19.7. The van der Waals surface area contributed by atoms with Gasteiger partial charge in [0, 0.05) is 11.1 Å². The maximum Gasteiger partial charge on any atom is 0.237 e. The lowest BCUT2D eigenvalue weighted by Gasteiger charge is -2.22. The minimum atomic E-state index is -0.0980. The van der Waals surface area contributed by atoms with E-state index in [1.807, 2.05) is 60.7 Å². The van der Waals surface area contributed by atoms with Crippen LogP contribution in [0.1, 0.15) is 32.2 Å². The van der Waals surface area contributed by atoms with E-state index in [1.165, 1.54) is 11.8 Å². The minimum Gasteiger partial charge on any atom is -0.307 e. The van der Waals surface area contributed by atoms with Gasteiger partial charge in [0.05, 0.1) is 12.3 Å². The molecule has 1 N–H and O–H groups in total. The van der Waals surface area contributed by atoms with Crippen molar-refractivity contribution >= 4 is 23.4 Å². The van der Waals surface area contributed by atoms with Gasteiger partial charge in [0.15, 0.2) is 0 Å². The summed E-state index contributed by atoms with van der Waals surface area (Å²) in [4.78, 5) is 19.3. The molecule has 6 heteroatoms. The molecule has 1 heterocycles. The van der Waals surface area contributed by atoms with Gasteiger partial charge in [-0.3, -0.25) is 9.89 Å². The highest BCUT2D eigenvalue weighted by molar-refractivity contribution is 7.99. The van der Waals surface area contributed by atoms with Crippen LogP contribution in [0.15, 0.2) is 65.8 Å². The number of nitrogens with zero attached hydrogens (tertiary/aromatic N) is 3. The average Bonchev–Trinajstić information content (AvgIpc) is 3.15. The van der Waals surface area contributed by atoms with Gasteiger partial charge in [-0.05, 0) is 17.7 Å². The van der Waals surface area contributed by atoms with Crippen LogP contribution in [0.25, 0.3) is 0 Å². The number of carbonyl (C=O) groups excluding carboxylic acids is 1. The normalized spacial score (nSPS) is 11.4. The molecule has 0 saturated carbocycles. The fourth-order valence-corrected chi connectivity index (χ4v) is 3.22. The number of carbonyl (C=O) groups is 1. The smallest absolute Gasteiger partial charge is 0.237 e. The number of benzene rings is 2. The number of aromatic amines is 1. The molecule has 0 atom stereocenters. The number of nitrogens with one attached hydrogen (secondary N) is 1. The number of aromatic nitrogens is 3. The fraction of sp³-hybridized carbons (Fsp3) is 0.286. The van der Waals surface area contributed by atoms with Crippen LogP contribution >= 0.6 is 11.8 Å². The number of anilines is 1. The average molecular weight is 381 g/mol. The standard InChI is InChI=1S/C21H24N4OS/c1-21(2,3)19-22-20(24-23-19)27-15-18(26)25(17-12-8-5-9-13-17)14-16-10-6-4-7-11-16/h4-13H,14-15H2,1-3H3,(H,22,23,24). The van der Waals surface area contributed by atoms with Crippen LogP contribution in [-0.4, -0.2) is 26.8 Å². The van der Waals surface area contributed by atoms with Gasteiger partial charge >= 0.3 is 0 Å². The van der Waals surface area contributed by atoms with E-state index < -0.39 is 0 Å². The number of hydrogen-bond acceptors (Lipinski definition) is 4. The van der Waals surface area contributed by atoms with Gasteiger partial charge in [-0.25, -0.2) is 4.98 Å². The number of para-hydroxylation sites is 1. The molecule has 1 aromatic heterocycles. The summed E-state index contributed by atoms with van der Waals surface area (Å²) in [6.07, 6.45) is 0. The third-order valence-corrected chi connectivity index (χ3v) is 4.88. The molecule has 0 saturated heterocycles. The Morgan fingerprint density at radius 1 is 1.04 bits per heavy atom. The maximum atomic E-state index is 13.0. The van der Waals surface area contributed by atoms with Gasteiger partial charge in [0.25, 0.3) is 0 Å². The van der Waals surface area contributed by atoms with Crippen molar-refractivity contribution in [3.05, 3.63) is 72.1 Å². The highest BCUT2D eigenvalue weighted by Crippen LogP contribution is 2.23. The quantitative estimate of drug-likeness (QED) is 0.643. The molecule has 0 unspecified atom stereocenters. The molecule has 1 amide bonds. The van der Waals surface area contributed by atoms with E-state index in [1.54, 1.807) is 4.90 Å². The summed E-state index contributed by atoms with van der Waals surface area (Å²) in [5, 5.41) is 7.79. The van der Waals surface area contributed by atoms with Crippen molar-refractivity contribution in [1.82, 2.24) is 15.2 Å². The van der Waals surface area contributed by atoms with Crippen molar-refractivity contribution in [3.63, 3.8) is 0 Å². The summed E-state index contributed by atoms with van der Waals surface area (Å²) in [7, 11) is 0. The lowest BCUT2D eigenvalue weighted by atomic mass is 9.96. The van der Waals surface area contributed by atoms with Gasteiger partial charge in [0.2, 0.25) is 11.1 Å². The van der Waals surface area contributed by atoms with Crippen LogP contribution < -0.4 is 4.90 Å². The van der Waals surface area contributed by atoms with Gasteiger partial charge in [-0.15, -0.1) is 5.10 Å². The maximum absolute atomic E-state index is 13.0. The molecule has 0 aliphatic heterocycles. The number of rotatable bonds is 6. The van der Waals surface area contributed by atoms with E-state index in [9.17, 15) is 4.79 Å². The SMILES string of the molecule is CC(C)(C)c1nc(SCC(=O)N(Cc2ccccc2)c2ccccc2)n[nH]1. The molecular formula is C21H24N4OS. The predicted octanol–water partition coefficient (Wildman–Crippen LogP) is 4.43. The number of thioether (sulfide) groups is 1. The molecule has 0 bridgehead atoms. The zero-order valence-corrected chi connectivity index (χ0v) is 16.7. The van der Waals surface area contributed by atoms with Gasteiger partial charge in [-0.1, -0.05) is 81.1 Å². The highest BCUT2D eigenvalue weighted by atomic mass is 32.2. The molecule has 2 aromatic carbocycles. The molecule has 3 aromatic rings. The number of hydrogen-bond donors (Lipinski definition) is 1. The number of H-pyrrole nitrogens is 1. The first kappa shape index (κ1) is 19.2. The fourth-order valence-electron chi connectivity index (χ4n) is 2.55. The van der Waals surface area contributed by atoms with E-state index in [4.69, 9.17) is 0 Å². The van der Waals surface area contributed by atoms with Crippen LogP contribution in [0.4, 0.5) is 5.69 Å². The Balaban J connectivity index is 1.72. The Hall–Kier alpha value is -2.60. The topological polar surface area (TPSA) is 61.9 Å². The Labute approximate surface area is 164 Å². The Morgan fingerprint density at radius 3 is 2.26 bits per heavy atom. The Morgan fingerprint density at radius 2 is 1.67 bits per heavy atom. The first-order chi connectivity index (χ1) is 12.9.